The van der Waals surface area contributed by atoms with Crippen molar-refractivity contribution >= 4 is 38.8 Å². The lowest BCUT2D eigenvalue weighted by molar-refractivity contribution is 0.480. The van der Waals surface area contributed by atoms with Gasteiger partial charge in [-0.25, -0.2) is 4.98 Å². The lowest BCUT2D eigenvalue weighted by atomic mass is 10.3. The summed E-state index contributed by atoms with van der Waals surface area (Å²) >= 11 is 7.35. The van der Waals surface area contributed by atoms with E-state index in [1.807, 2.05) is 30.3 Å². The van der Waals surface area contributed by atoms with Gasteiger partial charge in [-0.1, -0.05) is 29.0 Å². The van der Waals surface area contributed by atoms with E-state index in [4.69, 9.17) is 22.1 Å². The van der Waals surface area contributed by atoms with Crippen molar-refractivity contribution in [1.29, 1.82) is 0 Å². The summed E-state index contributed by atoms with van der Waals surface area (Å²) in [6.07, 6.45) is 0. The monoisotopic (exact) mass is 276 g/mol. The second-order valence-corrected chi connectivity index (χ2v) is 5.20. The molecule has 0 saturated carbocycles. The number of anilines is 1. The van der Waals surface area contributed by atoms with Crippen molar-refractivity contribution in [1.82, 2.24) is 4.98 Å². The number of hydrogen-bond donors (Lipinski definition) is 1. The highest BCUT2D eigenvalue weighted by Gasteiger charge is 2.06. The van der Waals surface area contributed by atoms with Gasteiger partial charge < -0.3 is 10.5 Å². The van der Waals surface area contributed by atoms with Crippen LogP contribution in [0.4, 0.5) is 5.69 Å². The summed E-state index contributed by atoms with van der Waals surface area (Å²) < 4.78 is 6.67. The van der Waals surface area contributed by atoms with Crippen LogP contribution in [0.15, 0.2) is 42.5 Å². The third-order valence-corrected chi connectivity index (χ3v) is 3.53. The van der Waals surface area contributed by atoms with Gasteiger partial charge in [0, 0.05) is 10.7 Å². The van der Waals surface area contributed by atoms with Gasteiger partial charge in [0.1, 0.15) is 5.75 Å². The Bertz CT molecular complexity index is 711. The number of ether oxygens (including phenoxy) is 1. The molecule has 2 aromatic carbocycles. The summed E-state index contributed by atoms with van der Waals surface area (Å²) in [4.78, 5) is 4.38. The molecule has 18 heavy (non-hydrogen) atoms. The fourth-order valence-corrected chi connectivity index (χ4v) is 2.66. The molecule has 3 rings (SSSR count). The van der Waals surface area contributed by atoms with Crippen LogP contribution in [-0.2, 0) is 0 Å². The zero-order valence-corrected chi connectivity index (χ0v) is 10.8. The molecular formula is C13H9ClN2OS. The highest BCUT2D eigenvalue weighted by Crippen LogP contribution is 2.32. The number of thiazole rings is 1. The van der Waals surface area contributed by atoms with Crippen LogP contribution in [-0.4, -0.2) is 4.98 Å². The molecular weight excluding hydrogens is 268 g/mol. The minimum atomic E-state index is 0.581. The lowest BCUT2D eigenvalue weighted by Crippen LogP contribution is -1.82. The molecule has 0 radical (unpaired) electrons. The van der Waals surface area contributed by atoms with Crippen molar-refractivity contribution in [3.8, 4) is 10.9 Å². The molecule has 1 aromatic heterocycles. The zero-order valence-electron chi connectivity index (χ0n) is 9.26. The van der Waals surface area contributed by atoms with Crippen LogP contribution in [0.2, 0.25) is 5.02 Å². The first-order valence-corrected chi connectivity index (χ1v) is 6.50. The van der Waals surface area contributed by atoms with Gasteiger partial charge in [-0.2, -0.15) is 0 Å². The molecule has 0 bridgehead atoms. The van der Waals surface area contributed by atoms with E-state index in [-0.39, 0.29) is 0 Å². The van der Waals surface area contributed by atoms with Gasteiger partial charge in [0.2, 0.25) is 0 Å². The standard InChI is InChI=1S/C13H9ClN2OS/c14-8-2-1-3-10(6-8)17-13-16-11-5-4-9(15)7-12(11)18-13/h1-7H,15H2. The Morgan fingerprint density at radius 1 is 1.17 bits per heavy atom. The number of aromatic nitrogens is 1. The Balaban J connectivity index is 1.95. The maximum atomic E-state index is 5.90. The summed E-state index contributed by atoms with van der Waals surface area (Å²) in [6.45, 7) is 0. The van der Waals surface area contributed by atoms with E-state index in [9.17, 15) is 0 Å². The van der Waals surface area contributed by atoms with Gasteiger partial charge >= 0.3 is 0 Å². The fourth-order valence-electron chi connectivity index (χ4n) is 1.60. The van der Waals surface area contributed by atoms with Crippen molar-refractivity contribution < 1.29 is 4.74 Å². The minimum Gasteiger partial charge on any atom is -0.431 e. The molecule has 0 aliphatic carbocycles. The van der Waals surface area contributed by atoms with E-state index in [1.54, 1.807) is 12.1 Å². The highest BCUT2D eigenvalue weighted by atomic mass is 35.5. The molecule has 0 fully saturated rings. The van der Waals surface area contributed by atoms with E-state index in [0.29, 0.717) is 16.0 Å². The molecule has 3 aromatic rings. The average Bonchev–Trinajstić information content (AvgIpc) is 2.70. The Morgan fingerprint density at radius 2 is 2.06 bits per heavy atom. The van der Waals surface area contributed by atoms with Crippen LogP contribution in [0.3, 0.4) is 0 Å². The zero-order chi connectivity index (χ0) is 12.5. The molecule has 2 N–H and O–H groups in total. The largest absolute Gasteiger partial charge is 0.431 e. The van der Waals surface area contributed by atoms with Crippen LogP contribution in [0.25, 0.3) is 10.2 Å². The number of nitrogen functional groups attached to an aromatic ring is 1. The molecule has 0 aliphatic heterocycles. The third kappa shape index (κ3) is 2.25. The molecule has 0 saturated heterocycles. The van der Waals surface area contributed by atoms with E-state index in [1.165, 1.54) is 11.3 Å². The fraction of sp³-hybridized carbons (Fsp3) is 0. The molecule has 90 valence electrons. The second kappa shape index (κ2) is 4.48. The van der Waals surface area contributed by atoms with E-state index < -0.39 is 0 Å². The summed E-state index contributed by atoms with van der Waals surface area (Å²) in [7, 11) is 0. The number of rotatable bonds is 2. The Morgan fingerprint density at radius 3 is 2.89 bits per heavy atom. The summed E-state index contributed by atoms with van der Waals surface area (Å²) in [6, 6.07) is 12.8. The predicted molar refractivity (Wildman–Crippen MR) is 75.6 cm³/mol. The van der Waals surface area contributed by atoms with Crippen LogP contribution < -0.4 is 10.5 Å². The molecule has 5 heteroatoms. The van der Waals surface area contributed by atoms with Crippen LogP contribution >= 0.6 is 22.9 Å². The number of halogens is 1. The maximum Gasteiger partial charge on any atom is 0.279 e. The first-order valence-electron chi connectivity index (χ1n) is 5.30. The molecule has 0 unspecified atom stereocenters. The van der Waals surface area contributed by atoms with Gasteiger partial charge in [-0.05, 0) is 36.4 Å². The van der Waals surface area contributed by atoms with Crippen molar-refractivity contribution in [3.63, 3.8) is 0 Å². The van der Waals surface area contributed by atoms with Crippen molar-refractivity contribution in [3.05, 3.63) is 47.5 Å². The van der Waals surface area contributed by atoms with Gasteiger partial charge in [0.05, 0.1) is 10.2 Å². The van der Waals surface area contributed by atoms with E-state index in [2.05, 4.69) is 4.98 Å². The van der Waals surface area contributed by atoms with Crippen LogP contribution in [0, 0.1) is 0 Å². The quantitative estimate of drug-likeness (QED) is 0.709. The molecule has 0 spiro atoms. The molecule has 3 nitrogen and oxygen atoms in total. The smallest absolute Gasteiger partial charge is 0.279 e. The minimum absolute atomic E-state index is 0.581. The highest BCUT2D eigenvalue weighted by molar-refractivity contribution is 7.20. The molecule has 0 atom stereocenters. The average molecular weight is 277 g/mol. The molecule has 0 aliphatic rings. The van der Waals surface area contributed by atoms with Crippen molar-refractivity contribution in [2.75, 3.05) is 5.73 Å². The topological polar surface area (TPSA) is 48.1 Å². The lowest BCUT2D eigenvalue weighted by Gasteiger charge is -2.00. The number of nitrogens with zero attached hydrogens (tertiary/aromatic N) is 1. The van der Waals surface area contributed by atoms with Gasteiger partial charge in [0.25, 0.3) is 5.19 Å². The van der Waals surface area contributed by atoms with Crippen molar-refractivity contribution in [2.45, 2.75) is 0 Å². The second-order valence-electron chi connectivity index (χ2n) is 3.77. The molecule has 0 amide bonds. The first-order chi connectivity index (χ1) is 8.70. The van der Waals surface area contributed by atoms with Gasteiger partial charge in [-0.3, -0.25) is 0 Å². The normalized spacial score (nSPS) is 10.7. The summed E-state index contributed by atoms with van der Waals surface area (Å²) in [5.74, 6) is 0.675. The maximum absolute atomic E-state index is 5.90. The van der Waals surface area contributed by atoms with Gasteiger partial charge in [0.15, 0.2) is 0 Å². The Labute approximate surface area is 113 Å². The number of benzene rings is 2. The number of fused-ring (bicyclic) bond motifs is 1. The predicted octanol–water partition coefficient (Wildman–Crippen LogP) is 4.32. The van der Waals surface area contributed by atoms with E-state index >= 15 is 0 Å². The Kier molecular flexibility index (Phi) is 2.81. The van der Waals surface area contributed by atoms with Crippen LogP contribution in [0.5, 0.6) is 10.9 Å². The van der Waals surface area contributed by atoms with Gasteiger partial charge in [-0.15, -0.1) is 0 Å². The SMILES string of the molecule is Nc1ccc2nc(Oc3cccc(Cl)c3)sc2c1. The third-order valence-electron chi connectivity index (χ3n) is 2.39. The van der Waals surface area contributed by atoms with Crippen molar-refractivity contribution in [2.24, 2.45) is 0 Å². The number of hydrogen-bond acceptors (Lipinski definition) is 4. The van der Waals surface area contributed by atoms with Crippen LogP contribution in [0.1, 0.15) is 0 Å². The summed E-state index contributed by atoms with van der Waals surface area (Å²) in [5, 5.41) is 1.22. The Hall–Kier alpha value is -1.78. The summed E-state index contributed by atoms with van der Waals surface area (Å²) in [5.41, 5.74) is 7.33. The first kappa shape index (κ1) is 11.3. The van der Waals surface area contributed by atoms with E-state index in [0.717, 1.165) is 15.9 Å². The molecule has 1 heterocycles. The number of nitrogens with two attached hydrogens (primary N) is 1.